The average molecular weight is 281 g/mol. The maximum atomic E-state index is 3.99. The smallest absolute Gasteiger partial charge is 0.0323 e. The summed E-state index contributed by atoms with van der Waals surface area (Å²) in [5, 5.41) is 0. The lowest BCUT2D eigenvalue weighted by molar-refractivity contribution is 0.453. The van der Waals surface area contributed by atoms with Gasteiger partial charge in [-0.05, 0) is 25.7 Å². The summed E-state index contributed by atoms with van der Waals surface area (Å²) in [6.45, 7) is 10.8. The molecule has 0 aliphatic rings. The largest absolute Gasteiger partial charge is 0.100 e. The molecule has 0 heterocycles. The molecule has 0 aliphatic carbocycles. The number of allylic oxidation sites excluding steroid dienone is 1. The van der Waals surface area contributed by atoms with Gasteiger partial charge in [0.25, 0.3) is 0 Å². The van der Waals surface area contributed by atoms with Crippen molar-refractivity contribution in [3.8, 4) is 0 Å². The van der Waals surface area contributed by atoms with Gasteiger partial charge in [-0.2, -0.15) is 0 Å². The van der Waals surface area contributed by atoms with Crippen molar-refractivity contribution in [1.29, 1.82) is 0 Å². The monoisotopic (exact) mass is 280 g/mol. The zero-order valence-electron chi connectivity index (χ0n) is 14.7. The molecule has 0 aliphatic heterocycles. The van der Waals surface area contributed by atoms with Crippen LogP contribution in [0.2, 0.25) is 0 Å². The highest BCUT2D eigenvalue weighted by Crippen LogP contribution is 2.18. The zero-order valence-corrected chi connectivity index (χ0v) is 14.7. The number of hydrogen-bond acceptors (Lipinski definition) is 0. The quantitative estimate of drug-likeness (QED) is 0.213. The lowest BCUT2D eigenvalue weighted by Crippen LogP contribution is -1.95. The van der Waals surface area contributed by atoms with Gasteiger partial charge in [0.15, 0.2) is 0 Å². The minimum absolute atomic E-state index is 0.894. The van der Waals surface area contributed by atoms with Crippen LogP contribution in [0.1, 0.15) is 111 Å². The molecule has 0 rings (SSSR count). The van der Waals surface area contributed by atoms with Gasteiger partial charge in [-0.1, -0.05) is 96.5 Å². The molecule has 20 heavy (non-hydrogen) atoms. The molecular formula is C20H40. The van der Waals surface area contributed by atoms with Gasteiger partial charge in [-0.25, -0.2) is 0 Å². The van der Waals surface area contributed by atoms with E-state index in [0.717, 1.165) is 5.92 Å². The van der Waals surface area contributed by atoms with Crippen LogP contribution in [-0.2, 0) is 0 Å². The lowest BCUT2D eigenvalue weighted by atomic mass is 9.96. The van der Waals surface area contributed by atoms with E-state index in [-0.39, 0.29) is 0 Å². The minimum Gasteiger partial charge on any atom is -0.100 e. The van der Waals surface area contributed by atoms with E-state index in [1.807, 2.05) is 0 Å². The Bertz CT molecular complexity index is 204. The summed E-state index contributed by atoms with van der Waals surface area (Å²) in [4.78, 5) is 0. The second-order valence-electron chi connectivity index (χ2n) is 6.93. The third-order valence-electron chi connectivity index (χ3n) is 4.36. The van der Waals surface area contributed by atoms with Crippen molar-refractivity contribution in [2.24, 2.45) is 5.92 Å². The van der Waals surface area contributed by atoms with Gasteiger partial charge in [0.05, 0.1) is 0 Å². The molecule has 0 saturated carbocycles. The molecule has 0 nitrogen and oxygen atoms in total. The van der Waals surface area contributed by atoms with E-state index in [1.165, 1.54) is 95.5 Å². The Morgan fingerprint density at radius 2 is 1.20 bits per heavy atom. The summed E-state index contributed by atoms with van der Waals surface area (Å²) >= 11 is 0. The molecule has 0 bridgehead atoms. The first kappa shape index (κ1) is 19.7. The van der Waals surface area contributed by atoms with Crippen LogP contribution in [0.4, 0.5) is 0 Å². The van der Waals surface area contributed by atoms with Gasteiger partial charge < -0.3 is 0 Å². The van der Waals surface area contributed by atoms with Gasteiger partial charge in [-0.15, -0.1) is 6.58 Å². The van der Waals surface area contributed by atoms with E-state index in [0.29, 0.717) is 0 Å². The van der Waals surface area contributed by atoms with Crippen LogP contribution >= 0.6 is 0 Å². The first-order valence-electron chi connectivity index (χ1n) is 9.31. The predicted molar refractivity (Wildman–Crippen MR) is 94.3 cm³/mol. The summed E-state index contributed by atoms with van der Waals surface area (Å²) in [6, 6.07) is 0. The molecule has 0 fully saturated rings. The van der Waals surface area contributed by atoms with E-state index in [4.69, 9.17) is 0 Å². The Morgan fingerprint density at radius 3 is 1.65 bits per heavy atom. The lowest BCUT2D eigenvalue weighted by Gasteiger charge is -2.10. The molecule has 120 valence electrons. The highest BCUT2D eigenvalue weighted by molar-refractivity contribution is 4.87. The molecule has 1 unspecified atom stereocenters. The molecule has 0 heteroatoms. The first-order chi connectivity index (χ1) is 9.66. The highest BCUT2D eigenvalue weighted by Gasteiger charge is 2.01. The first-order valence-corrected chi connectivity index (χ1v) is 9.31. The van der Waals surface area contributed by atoms with E-state index in [1.54, 1.807) is 0 Å². The summed E-state index contributed by atoms with van der Waals surface area (Å²) < 4.78 is 0. The molecular weight excluding hydrogens is 240 g/mol. The van der Waals surface area contributed by atoms with Gasteiger partial charge in [0.2, 0.25) is 0 Å². The van der Waals surface area contributed by atoms with E-state index < -0.39 is 0 Å². The van der Waals surface area contributed by atoms with Crippen LogP contribution in [0.3, 0.4) is 0 Å². The summed E-state index contributed by atoms with van der Waals surface area (Å²) in [6.07, 6.45) is 19.9. The third kappa shape index (κ3) is 15.8. The average Bonchev–Trinajstić information content (AvgIpc) is 2.42. The predicted octanol–water partition coefficient (Wildman–Crippen LogP) is 7.68. The minimum atomic E-state index is 0.894. The van der Waals surface area contributed by atoms with Crippen LogP contribution in [0, 0.1) is 5.92 Å². The van der Waals surface area contributed by atoms with Crippen molar-refractivity contribution in [3.05, 3.63) is 12.2 Å². The van der Waals surface area contributed by atoms with Crippen LogP contribution < -0.4 is 0 Å². The van der Waals surface area contributed by atoms with Crippen LogP contribution in [0.25, 0.3) is 0 Å². The van der Waals surface area contributed by atoms with Crippen molar-refractivity contribution in [2.75, 3.05) is 0 Å². The van der Waals surface area contributed by atoms with Crippen molar-refractivity contribution in [2.45, 2.75) is 111 Å². The molecule has 0 saturated heterocycles. The molecule has 0 aromatic carbocycles. The topological polar surface area (TPSA) is 0 Å². The number of hydrogen-bond donors (Lipinski definition) is 0. The number of rotatable bonds is 15. The molecule has 1 atom stereocenters. The van der Waals surface area contributed by atoms with Gasteiger partial charge in [0.1, 0.15) is 0 Å². The normalized spacial score (nSPS) is 12.6. The summed E-state index contributed by atoms with van der Waals surface area (Å²) in [7, 11) is 0. The molecule has 0 spiro atoms. The van der Waals surface area contributed by atoms with Crippen molar-refractivity contribution in [3.63, 3.8) is 0 Å². The Kier molecular flexibility index (Phi) is 14.9. The van der Waals surface area contributed by atoms with E-state index in [2.05, 4.69) is 27.4 Å². The van der Waals surface area contributed by atoms with Gasteiger partial charge in [-0.3, -0.25) is 0 Å². The Morgan fingerprint density at radius 1 is 0.750 bits per heavy atom. The van der Waals surface area contributed by atoms with E-state index >= 15 is 0 Å². The van der Waals surface area contributed by atoms with E-state index in [9.17, 15) is 0 Å². The fourth-order valence-electron chi connectivity index (χ4n) is 2.79. The summed E-state index contributed by atoms with van der Waals surface area (Å²) in [5.74, 6) is 0.894. The molecule has 0 aromatic heterocycles. The zero-order chi connectivity index (χ0) is 15.1. The molecule has 0 N–H and O–H groups in total. The van der Waals surface area contributed by atoms with Crippen molar-refractivity contribution >= 4 is 0 Å². The molecule has 0 amide bonds. The maximum absolute atomic E-state index is 3.99. The van der Waals surface area contributed by atoms with Gasteiger partial charge in [0, 0.05) is 0 Å². The van der Waals surface area contributed by atoms with Gasteiger partial charge >= 0.3 is 0 Å². The van der Waals surface area contributed by atoms with Crippen LogP contribution in [0.15, 0.2) is 12.2 Å². The summed E-state index contributed by atoms with van der Waals surface area (Å²) in [5.41, 5.74) is 1.34. The second kappa shape index (κ2) is 15.1. The molecule has 0 aromatic rings. The molecule has 0 radical (unpaired) electrons. The Balaban J connectivity index is 3.10. The fourth-order valence-corrected chi connectivity index (χ4v) is 2.79. The standard InChI is InChI=1S/C20H40/c1-5-6-7-8-9-10-11-12-13-14-15-16-20(4)18-17-19(2)3/h20H,2,5-18H2,1,3-4H3. The van der Waals surface area contributed by atoms with Crippen molar-refractivity contribution < 1.29 is 0 Å². The second-order valence-corrected chi connectivity index (χ2v) is 6.93. The van der Waals surface area contributed by atoms with Crippen molar-refractivity contribution in [1.82, 2.24) is 0 Å². The fraction of sp³-hybridized carbons (Fsp3) is 0.900. The Labute approximate surface area is 129 Å². The third-order valence-corrected chi connectivity index (χ3v) is 4.36. The maximum Gasteiger partial charge on any atom is -0.0323 e. The Hall–Kier alpha value is -0.260. The SMILES string of the molecule is C=C(C)CCC(C)CCCCCCCCCCCCC. The number of unbranched alkanes of at least 4 members (excludes halogenated alkanes) is 10. The highest BCUT2D eigenvalue weighted by atomic mass is 14.1. The van der Waals surface area contributed by atoms with Crippen LogP contribution in [-0.4, -0.2) is 0 Å². The van der Waals surface area contributed by atoms with Crippen LogP contribution in [0.5, 0.6) is 0 Å².